The van der Waals surface area contributed by atoms with Gasteiger partial charge in [0.2, 0.25) is 5.91 Å². The molecule has 2 aromatic rings. The van der Waals surface area contributed by atoms with Crippen LogP contribution >= 0.6 is 0 Å². The molecule has 0 unspecified atom stereocenters. The first-order valence-corrected chi connectivity index (χ1v) is 12.3. The van der Waals surface area contributed by atoms with Gasteiger partial charge in [-0.15, -0.1) is 5.10 Å². The monoisotopic (exact) mass is 502 g/mol. The predicted octanol–water partition coefficient (Wildman–Crippen LogP) is 1.37. The Hall–Kier alpha value is -3.25. The number of nitrogens with one attached hydrogen (secondary N) is 2. The molecule has 0 spiro atoms. The lowest BCUT2D eigenvalue weighted by Gasteiger charge is -2.33. The van der Waals surface area contributed by atoms with Crippen LogP contribution in [0.25, 0.3) is 0 Å². The predicted molar refractivity (Wildman–Crippen MR) is 133 cm³/mol. The first-order valence-electron chi connectivity index (χ1n) is 12.3. The summed E-state index contributed by atoms with van der Waals surface area (Å²) in [5.74, 6) is -0.573. The number of ether oxygens (including phenoxy) is 1. The van der Waals surface area contributed by atoms with E-state index in [0.717, 1.165) is 31.6 Å². The molecule has 1 aromatic heterocycles. The summed E-state index contributed by atoms with van der Waals surface area (Å²) in [7, 11) is 4.08. The second-order valence-corrected chi connectivity index (χ2v) is 9.58. The maximum Gasteiger partial charge on any atom is 0.414 e. The Morgan fingerprint density at radius 2 is 2.06 bits per heavy atom. The number of carbonyl (C=O) groups excluding carboxylic acids is 2. The van der Waals surface area contributed by atoms with Gasteiger partial charge < -0.3 is 25.2 Å². The number of hydrogen-bond donors (Lipinski definition) is 2. The minimum Gasteiger partial charge on any atom is -0.442 e. The number of hydrogen-bond acceptors (Lipinski definition) is 8. The Morgan fingerprint density at radius 3 is 2.75 bits per heavy atom. The molecule has 1 aromatic carbocycles. The highest BCUT2D eigenvalue weighted by Gasteiger charge is 2.33. The zero-order valence-electron chi connectivity index (χ0n) is 21.1. The van der Waals surface area contributed by atoms with E-state index in [0.29, 0.717) is 31.0 Å². The van der Waals surface area contributed by atoms with Crippen LogP contribution in [-0.4, -0.2) is 91.4 Å². The number of rotatable bonds is 10. The van der Waals surface area contributed by atoms with Crippen molar-refractivity contribution < 1.29 is 18.7 Å². The quantitative estimate of drug-likeness (QED) is 0.469. The molecular formula is C24H35FN8O3. The molecule has 2 amide bonds. The van der Waals surface area contributed by atoms with Gasteiger partial charge >= 0.3 is 6.09 Å². The third kappa shape index (κ3) is 6.49. The van der Waals surface area contributed by atoms with Crippen molar-refractivity contribution in [3.05, 3.63) is 35.9 Å². The van der Waals surface area contributed by atoms with Crippen LogP contribution in [0.4, 0.5) is 20.6 Å². The van der Waals surface area contributed by atoms with Gasteiger partial charge in [0.15, 0.2) is 0 Å². The number of amides is 2. The lowest BCUT2D eigenvalue weighted by Crippen LogP contribution is -2.35. The fourth-order valence-electron chi connectivity index (χ4n) is 4.48. The molecule has 0 aliphatic carbocycles. The lowest BCUT2D eigenvalue weighted by molar-refractivity contribution is -0.119. The van der Waals surface area contributed by atoms with E-state index in [2.05, 4.69) is 25.8 Å². The molecule has 0 radical (unpaired) electrons. The van der Waals surface area contributed by atoms with E-state index < -0.39 is 12.2 Å². The number of piperidine rings is 1. The molecule has 11 nitrogen and oxygen atoms in total. The van der Waals surface area contributed by atoms with Gasteiger partial charge in [-0.25, -0.2) is 13.9 Å². The highest BCUT2D eigenvalue weighted by molar-refractivity contribution is 5.90. The van der Waals surface area contributed by atoms with Crippen LogP contribution in [0.15, 0.2) is 24.4 Å². The van der Waals surface area contributed by atoms with Gasteiger partial charge in [-0.05, 0) is 45.1 Å². The van der Waals surface area contributed by atoms with Crippen LogP contribution in [0.2, 0.25) is 0 Å². The van der Waals surface area contributed by atoms with Crippen molar-refractivity contribution in [1.29, 1.82) is 0 Å². The second kappa shape index (κ2) is 11.7. The molecule has 4 rings (SSSR count). The van der Waals surface area contributed by atoms with Crippen LogP contribution < -0.4 is 20.4 Å². The SMILES string of the molecule is CC(=O)NC[C@H]1CN(c2ccc(N3CCC(n4cc(CNCCN(C)C)nn4)CC3)c(F)c2)C(=O)O1. The normalized spacial score (nSPS) is 18.7. The van der Waals surface area contributed by atoms with E-state index in [4.69, 9.17) is 4.74 Å². The summed E-state index contributed by atoms with van der Waals surface area (Å²) in [5, 5.41) is 14.6. The molecule has 0 bridgehead atoms. The van der Waals surface area contributed by atoms with Gasteiger partial charge in [0.05, 0.1) is 42.4 Å². The van der Waals surface area contributed by atoms with E-state index in [1.807, 2.05) is 29.9 Å². The average Bonchev–Trinajstić information content (AvgIpc) is 3.47. The Bertz CT molecular complexity index is 1050. The van der Waals surface area contributed by atoms with Crippen molar-refractivity contribution in [2.75, 3.05) is 63.2 Å². The summed E-state index contributed by atoms with van der Waals surface area (Å²) in [6.07, 6.45) is 2.66. The molecule has 2 aliphatic heterocycles. The van der Waals surface area contributed by atoms with Crippen molar-refractivity contribution in [1.82, 2.24) is 30.5 Å². The highest BCUT2D eigenvalue weighted by Crippen LogP contribution is 2.31. The number of aromatic nitrogens is 3. The van der Waals surface area contributed by atoms with Crippen LogP contribution in [0.3, 0.4) is 0 Å². The van der Waals surface area contributed by atoms with E-state index in [9.17, 15) is 9.59 Å². The largest absolute Gasteiger partial charge is 0.442 e. The number of nitrogens with zero attached hydrogens (tertiary/aromatic N) is 6. The Labute approximate surface area is 210 Å². The van der Waals surface area contributed by atoms with Crippen LogP contribution in [0.5, 0.6) is 0 Å². The van der Waals surface area contributed by atoms with E-state index in [1.54, 1.807) is 12.1 Å². The summed E-state index contributed by atoms with van der Waals surface area (Å²) >= 11 is 0. The Morgan fingerprint density at radius 1 is 1.28 bits per heavy atom. The number of anilines is 2. The highest BCUT2D eigenvalue weighted by atomic mass is 19.1. The van der Waals surface area contributed by atoms with E-state index in [-0.39, 0.29) is 30.9 Å². The van der Waals surface area contributed by atoms with E-state index >= 15 is 4.39 Å². The fraction of sp³-hybridized carbons (Fsp3) is 0.583. The number of likely N-dealkylation sites (N-methyl/N-ethyl adjacent to an activating group) is 1. The summed E-state index contributed by atoms with van der Waals surface area (Å²) in [6, 6.07) is 5.05. The van der Waals surface area contributed by atoms with Crippen LogP contribution in [-0.2, 0) is 16.1 Å². The minimum atomic E-state index is -0.543. The zero-order chi connectivity index (χ0) is 25.7. The van der Waals surface area contributed by atoms with Crippen molar-refractivity contribution in [3.8, 4) is 0 Å². The third-order valence-electron chi connectivity index (χ3n) is 6.47. The van der Waals surface area contributed by atoms with Crippen molar-refractivity contribution in [3.63, 3.8) is 0 Å². The van der Waals surface area contributed by atoms with Crippen molar-refractivity contribution in [2.45, 2.75) is 38.5 Å². The molecule has 2 N–H and O–H groups in total. The zero-order valence-corrected chi connectivity index (χ0v) is 21.1. The molecule has 1 atom stereocenters. The molecule has 12 heteroatoms. The topological polar surface area (TPSA) is 108 Å². The molecule has 196 valence electrons. The molecule has 2 fully saturated rings. The number of cyclic esters (lactones) is 1. The molecule has 2 saturated heterocycles. The van der Waals surface area contributed by atoms with Gasteiger partial charge in [-0.3, -0.25) is 9.69 Å². The van der Waals surface area contributed by atoms with Crippen LogP contribution in [0.1, 0.15) is 31.5 Å². The smallest absolute Gasteiger partial charge is 0.414 e. The van der Waals surface area contributed by atoms with E-state index in [1.165, 1.54) is 17.9 Å². The fourth-order valence-corrected chi connectivity index (χ4v) is 4.48. The summed E-state index contributed by atoms with van der Waals surface area (Å²) in [4.78, 5) is 28.9. The first kappa shape index (κ1) is 25.8. The molecular weight excluding hydrogens is 467 g/mol. The first-order chi connectivity index (χ1) is 17.3. The molecule has 2 aliphatic rings. The summed E-state index contributed by atoms with van der Waals surface area (Å²) < 4.78 is 22.3. The maximum absolute atomic E-state index is 15.1. The molecule has 3 heterocycles. The second-order valence-electron chi connectivity index (χ2n) is 9.58. The average molecular weight is 503 g/mol. The standard InChI is InChI=1S/C24H35FN8O3/c1-17(34)27-14-21-16-32(24(35)36-21)20-4-5-23(22(25)12-20)31-9-6-19(7-10-31)33-15-18(28-29-33)13-26-8-11-30(2)3/h4-5,12,15,19,21,26H,6-11,13-14,16H2,1-3H3,(H,27,34)/t21-/m0/s1. The Kier molecular flexibility index (Phi) is 8.36. The number of halogens is 1. The summed E-state index contributed by atoms with van der Waals surface area (Å²) in [6.45, 7) is 5.82. The van der Waals surface area contributed by atoms with Gasteiger partial charge in [0.1, 0.15) is 11.9 Å². The van der Waals surface area contributed by atoms with Crippen molar-refractivity contribution >= 4 is 23.4 Å². The molecule has 0 saturated carbocycles. The van der Waals surface area contributed by atoms with Crippen molar-refractivity contribution in [2.24, 2.45) is 0 Å². The summed E-state index contributed by atoms with van der Waals surface area (Å²) in [5.41, 5.74) is 1.87. The lowest BCUT2D eigenvalue weighted by atomic mass is 10.0. The number of benzene rings is 1. The van der Waals surface area contributed by atoms with Gasteiger partial charge in [0, 0.05) is 39.6 Å². The van der Waals surface area contributed by atoms with Gasteiger partial charge in [-0.2, -0.15) is 0 Å². The third-order valence-corrected chi connectivity index (χ3v) is 6.47. The Balaban J connectivity index is 1.29. The van der Waals surface area contributed by atoms with Gasteiger partial charge in [-0.1, -0.05) is 5.21 Å². The maximum atomic E-state index is 15.1. The van der Waals surface area contributed by atoms with Gasteiger partial charge in [0.25, 0.3) is 0 Å². The molecule has 36 heavy (non-hydrogen) atoms. The van der Waals surface area contributed by atoms with Crippen LogP contribution in [0, 0.1) is 5.82 Å². The minimum absolute atomic E-state index is 0.194. The number of carbonyl (C=O) groups is 2.